The van der Waals surface area contributed by atoms with Crippen molar-refractivity contribution in [3.05, 3.63) is 65.5 Å². The van der Waals surface area contributed by atoms with Gasteiger partial charge in [-0.3, -0.25) is 9.59 Å². The van der Waals surface area contributed by atoms with Crippen LogP contribution < -0.4 is 4.90 Å². The summed E-state index contributed by atoms with van der Waals surface area (Å²) in [5.74, 6) is -1.36. The van der Waals surface area contributed by atoms with Crippen molar-refractivity contribution in [3.63, 3.8) is 0 Å². The predicted octanol–water partition coefficient (Wildman–Crippen LogP) is 0.581. The highest BCUT2D eigenvalue weighted by Gasteiger charge is 2.46. The topological polar surface area (TPSA) is 77.8 Å². The molecule has 0 aliphatic carbocycles. The van der Waals surface area contributed by atoms with Crippen LogP contribution in [0.4, 0.5) is 0 Å². The first-order valence-electron chi connectivity index (χ1n) is 8.27. The third-order valence-electron chi connectivity index (χ3n) is 4.36. The molecule has 3 N–H and O–H groups in total. The van der Waals surface area contributed by atoms with Crippen molar-refractivity contribution in [2.45, 2.75) is 6.04 Å². The Morgan fingerprint density at radius 2 is 1.88 bits per heavy atom. The highest BCUT2D eigenvalue weighted by molar-refractivity contribution is 6.46. The average Bonchev–Trinajstić information content (AvgIpc) is 3.21. The van der Waals surface area contributed by atoms with E-state index in [9.17, 15) is 14.7 Å². The first kappa shape index (κ1) is 17.0. The summed E-state index contributed by atoms with van der Waals surface area (Å²) in [7, 11) is 3.98. The minimum absolute atomic E-state index is 0.132. The van der Waals surface area contributed by atoms with Gasteiger partial charge in [-0.05, 0) is 12.1 Å². The van der Waals surface area contributed by atoms with Crippen LogP contribution >= 0.6 is 0 Å². The summed E-state index contributed by atoms with van der Waals surface area (Å²) in [4.78, 5) is 31.0. The number of nitrogens with zero attached hydrogens (tertiary/aromatic N) is 1. The summed E-state index contributed by atoms with van der Waals surface area (Å²) in [5.41, 5.74) is 1.37. The van der Waals surface area contributed by atoms with Gasteiger partial charge in [-0.15, -0.1) is 0 Å². The molecule has 0 bridgehead atoms. The molecule has 6 heteroatoms. The van der Waals surface area contributed by atoms with Crippen molar-refractivity contribution in [1.82, 2.24) is 9.88 Å². The number of likely N-dealkylation sites (N-methyl/N-ethyl adjacent to an activating group) is 1. The van der Waals surface area contributed by atoms with Gasteiger partial charge in [0, 0.05) is 17.5 Å². The number of aliphatic hydroxyl groups excluding tert-OH is 1. The Hall–Kier alpha value is -2.86. The predicted molar refractivity (Wildman–Crippen MR) is 93.9 cm³/mol. The van der Waals surface area contributed by atoms with Crippen LogP contribution in [0.2, 0.25) is 0 Å². The smallest absolute Gasteiger partial charge is 0.295 e. The molecule has 25 heavy (non-hydrogen) atoms. The second kappa shape index (κ2) is 6.94. The van der Waals surface area contributed by atoms with Crippen LogP contribution in [-0.2, 0) is 9.59 Å². The van der Waals surface area contributed by atoms with E-state index in [-0.39, 0.29) is 11.3 Å². The number of benzene rings is 1. The molecule has 1 amide bonds. The number of carbonyl (C=O) groups is 2. The standard InChI is InChI=1S/C19H21N3O3/c1-21(2)11-12-22-16(14-9-6-10-20-14)15(18(24)19(22)25)17(23)13-7-4-3-5-8-13/h3-10,16,20,23H,11-12H2,1-2H3/p+1/t16-/m0/s1. The van der Waals surface area contributed by atoms with E-state index in [1.54, 1.807) is 30.5 Å². The van der Waals surface area contributed by atoms with Gasteiger partial charge in [0.05, 0.1) is 32.8 Å². The van der Waals surface area contributed by atoms with Crippen molar-refractivity contribution >= 4 is 17.4 Å². The van der Waals surface area contributed by atoms with Crippen molar-refractivity contribution in [3.8, 4) is 0 Å². The number of H-pyrrole nitrogens is 1. The lowest BCUT2D eigenvalue weighted by Crippen LogP contribution is -3.06. The monoisotopic (exact) mass is 340 g/mol. The molecule has 2 heterocycles. The largest absolute Gasteiger partial charge is 0.507 e. The third kappa shape index (κ3) is 3.21. The van der Waals surface area contributed by atoms with Gasteiger partial charge in [-0.25, -0.2) is 0 Å². The molecular weight excluding hydrogens is 318 g/mol. The molecule has 130 valence electrons. The fourth-order valence-corrected chi connectivity index (χ4v) is 3.04. The number of hydrogen-bond acceptors (Lipinski definition) is 3. The molecule has 0 radical (unpaired) electrons. The van der Waals surface area contributed by atoms with Crippen LogP contribution in [0.15, 0.2) is 54.2 Å². The Labute approximate surface area is 146 Å². The molecule has 1 aromatic heterocycles. The zero-order valence-electron chi connectivity index (χ0n) is 14.3. The third-order valence-corrected chi connectivity index (χ3v) is 4.36. The fourth-order valence-electron chi connectivity index (χ4n) is 3.04. The first-order chi connectivity index (χ1) is 12.0. The Bertz CT molecular complexity index is 795. The molecule has 0 unspecified atom stereocenters. The maximum atomic E-state index is 12.7. The first-order valence-corrected chi connectivity index (χ1v) is 8.27. The van der Waals surface area contributed by atoms with Crippen LogP contribution in [-0.4, -0.2) is 53.9 Å². The number of Topliss-reactive ketones (excluding diaryl/α,β-unsaturated/α-hetero) is 1. The van der Waals surface area contributed by atoms with Gasteiger partial charge < -0.3 is 19.9 Å². The second-order valence-corrected chi connectivity index (χ2v) is 6.44. The normalized spacial score (nSPS) is 19.8. The Kier molecular flexibility index (Phi) is 4.72. The number of aliphatic hydroxyl groups is 1. The Balaban J connectivity index is 2.09. The molecule has 1 aliphatic rings. The van der Waals surface area contributed by atoms with Gasteiger partial charge in [0.2, 0.25) is 0 Å². The highest BCUT2D eigenvalue weighted by atomic mass is 16.3. The number of quaternary nitrogens is 1. The van der Waals surface area contributed by atoms with Crippen LogP contribution in [0.3, 0.4) is 0 Å². The van der Waals surface area contributed by atoms with Crippen LogP contribution in [0.25, 0.3) is 5.76 Å². The maximum Gasteiger partial charge on any atom is 0.295 e. The molecule has 1 saturated heterocycles. The van der Waals surface area contributed by atoms with Gasteiger partial charge in [-0.1, -0.05) is 30.3 Å². The molecule has 6 nitrogen and oxygen atoms in total. The number of rotatable bonds is 5. The number of aromatic amines is 1. The molecule has 1 aromatic carbocycles. The Morgan fingerprint density at radius 3 is 2.48 bits per heavy atom. The molecular formula is C19H22N3O3+. The van der Waals surface area contributed by atoms with Gasteiger partial charge in [0.15, 0.2) is 0 Å². The van der Waals surface area contributed by atoms with E-state index < -0.39 is 17.7 Å². The van der Waals surface area contributed by atoms with Crippen LogP contribution in [0.1, 0.15) is 17.3 Å². The zero-order chi connectivity index (χ0) is 18.0. The molecule has 2 aromatic rings. The van der Waals surface area contributed by atoms with Gasteiger partial charge >= 0.3 is 0 Å². The number of likely N-dealkylation sites (tertiary alicyclic amines) is 1. The van der Waals surface area contributed by atoms with Crippen LogP contribution in [0.5, 0.6) is 0 Å². The summed E-state index contributed by atoms with van der Waals surface area (Å²) in [6.07, 6.45) is 1.75. The van der Waals surface area contributed by atoms with E-state index in [0.717, 1.165) is 0 Å². The van der Waals surface area contributed by atoms with Crippen LogP contribution in [0, 0.1) is 0 Å². The maximum absolute atomic E-state index is 12.7. The van der Waals surface area contributed by atoms with E-state index in [1.165, 1.54) is 9.80 Å². The molecule has 0 spiro atoms. The minimum Gasteiger partial charge on any atom is -0.507 e. The number of ketones is 1. The van der Waals surface area contributed by atoms with E-state index in [1.807, 2.05) is 32.3 Å². The molecule has 0 saturated carbocycles. The molecule has 1 atom stereocenters. The Morgan fingerprint density at radius 1 is 1.16 bits per heavy atom. The number of aromatic nitrogens is 1. The summed E-state index contributed by atoms with van der Waals surface area (Å²) >= 11 is 0. The van der Waals surface area contributed by atoms with Crippen molar-refractivity contribution in [2.24, 2.45) is 0 Å². The van der Waals surface area contributed by atoms with Crippen molar-refractivity contribution < 1.29 is 19.6 Å². The van der Waals surface area contributed by atoms with E-state index in [0.29, 0.717) is 24.3 Å². The number of nitrogens with one attached hydrogen (secondary N) is 2. The molecule has 3 rings (SSSR count). The summed E-state index contributed by atoms with van der Waals surface area (Å²) in [6.45, 7) is 1.14. The lowest BCUT2D eigenvalue weighted by atomic mass is 9.99. The summed E-state index contributed by atoms with van der Waals surface area (Å²) in [6, 6.07) is 11.9. The number of hydrogen-bond donors (Lipinski definition) is 3. The van der Waals surface area contributed by atoms with Gasteiger partial charge in [-0.2, -0.15) is 0 Å². The average molecular weight is 340 g/mol. The lowest BCUT2D eigenvalue weighted by molar-refractivity contribution is -0.857. The second-order valence-electron chi connectivity index (χ2n) is 6.44. The molecule has 1 aliphatic heterocycles. The molecule has 1 fully saturated rings. The van der Waals surface area contributed by atoms with Gasteiger partial charge in [0.1, 0.15) is 11.8 Å². The SMILES string of the molecule is C[NH+](C)CCN1C(=O)C(=O)C(=C(O)c2ccccc2)[C@@H]1c1ccc[nH]1. The van der Waals surface area contributed by atoms with Crippen molar-refractivity contribution in [1.29, 1.82) is 0 Å². The van der Waals surface area contributed by atoms with E-state index >= 15 is 0 Å². The minimum atomic E-state index is -0.644. The highest BCUT2D eigenvalue weighted by Crippen LogP contribution is 2.38. The number of amides is 1. The van der Waals surface area contributed by atoms with Gasteiger partial charge in [0.25, 0.3) is 11.7 Å². The van der Waals surface area contributed by atoms with E-state index in [2.05, 4.69) is 4.98 Å². The van der Waals surface area contributed by atoms with Crippen molar-refractivity contribution in [2.75, 3.05) is 27.2 Å². The number of carbonyl (C=O) groups excluding carboxylic acids is 2. The zero-order valence-corrected chi connectivity index (χ0v) is 14.3. The summed E-state index contributed by atoms with van der Waals surface area (Å²) in [5, 5.41) is 10.7. The summed E-state index contributed by atoms with van der Waals surface area (Å²) < 4.78 is 0. The van der Waals surface area contributed by atoms with E-state index in [4.69, 9.17) is 0 Å². The fraction of sp³-hybridized carbons (Fsp3) is 0.263. The lowest BCUT2D eigenvalue weighted by Gasteiger charge is -2.24. The quantitative estimate of drug-likeness (QED) is 0.423.